The van der Waals surface area contributed by atoms with Gasteiger partial charge in [0.2, 0.25) is 0 Å². The maximum absolute atomic E-state index is 5.97. The molecule has 0 spiro atoms. The van der Waals surface area contributed by atoms with Crippen LogP contribution in [0.2, 0.25) is 4.34 Å². The molecule has 4 atom stereocenters. The molecule has 0 saturated heterocycles. The van der Waals surface area contributed by atoms with Crippen LogP contribution in [0.15, 0.2) is 11.4 Å². The van der Waals surface area contributed by atoms with E-state index in [1.807, 2.05) is 0 Å². The highest BCUT2D eigenvalue weighted by molar-refractivity contribution is 7.14. The summed E-state index contributed by atoms with van der Waals surface area (Å²) >= 11 is 7.60. The van der Waals surface area contributed by atoms with Crippen molar-refractivity contribution in [3.63, 3.8) is 0 Å². The summed E-state index contributed by atoms with van der Waals surface area (Å²) in [4.78, 5) is 0. The van der Waals surface area contributed by atoms with Gasteiger partial charge in [0.05, 0.1) is 4.34 Å². The lowest BCUT2D eigenvalue weighted by molar-refractivity contribution is 0.309. The molecule has 0 amide bonds. The molecule has 2 aliphatic rings. The minimum atomic E-state index is 0.442. The van der Waals surface area contributed by atoms with Crippen LogP contribution in [0.5, 0.6) is 0 Å². The zero-order valence-corrected chi connectivity index (χ0v) is 11.9. The number of rotatable bonds is 4. The van der Waals surface area contributed by atoms with Gasteiger partial charge in [0, 0.05) is 6.04 Å². The highest BCUT2D eigenvalue weighted by atomic mass is 35.5. The fourth-order valence-electron chi connectivity index (χ4n) is 3.62. The third kappa shape index (κ3) is 2.54. The molecular weight excluding hydrogens is 250 g/mol. The van der Waals surface area contributed by atoms with Crippen LogP contribution in [-0.4, -0.2) is 6.54 Å². The van der Waals surface area contributed by atoms with Crippen LogP contribution in [0.25, 0.3) is 0 Å². The molecule has 0 aliphatic heterocycles. The first-order chi connectivity index (χ1) is 8.22. The highest BCUT2D eigenvalue weighted by Crippen LogP contribution is 2.48. The van der Waals surface area contributed by atoms with Crippen molar-refractivity contribution in [1.82, 2.24) is 5.32 Å². The number of fused-ring (bicyclic) bond motifs is 2. The van der Waals surface area contributed by atoms with Crippen molar-refractivity contribution in [1.29, 1.82) is 0 Å². The van der Waals surface area contributed by atoms with Crippen LogP contribution < -0.4 is 5.32 Å². The van der Waals surface area contributed by atoms with Gasteiger partial charge in [-0.1, -0.05) is 18.0 Å². The van der Waals surface area contributed by atoms with Gasteiger partial charge in [-0.15, -0.1) is 11.3 Å². The quantitative estimate of drug-likeness (QED) is 0.849. The zero-order chi connectivity index (χ0) is 11.8. The second-order valence-electron chi connectivity index (χ2n) is 5.75. The van der Waals surface area contributed by atoms with E-state index >= 15 is 0 Å². The van der Waals surface area contributed by atoms with E-state index in [0.717, 1.165) is 22.1 Å². The summed E-state index contributed by atoms with van der Waals surface area (Å²) in [5.74, 6) is 3.01. The van der Waals surface area contributed by atoms with Gasteiger partial charge in [-0.25, -0.2) is 0 Å². The van der Waals surface area contributed by atoms with E-state index in [-0.39, 0.29) is 0 Å². The molecule has 1 aromatic heterocycles. The van der Waals surface area contributed by atoms with Crippen molar-refractivity contribution in [2.24, 2.45) is 17.8 Å². The molecule has 1 heterocycles. The SMILES string of the molecule is CC(NCC1CC2CCC1C2)c1csc(Cl)c1. The molecule has 2 aliphatic carbocycles. The topological polar surface area (TPSA) is 12.0 Å². The van der Waals surface area contributed by atoms with E-state index in [4.69, 9.17) is 11.6 Å². The minimum absolute atomic E-state index is 0.442. The third-order valence-corrected chi connectivity index (χ3v) is 5.77. The number of halogens is 1. The first-order valence-corrected chi connectivity index (χ1v) is 7.95. The summed E-state index contributed by atoms with van der Waals surface area (Å²) in [6.45, 7) is 3.43. The maximum Gasteiger partial charge on any atom is 0.0931 e. The van der Waals surface area contributed by atoms with Gasteiger partial charge in [-0.05, 0) is 67.5 Å². The Morgan fingerprint density at radius 1 is 1.47 bits per heavy atom. The van der Waals surface area contributed by atoms with Crippen molar-refractivity contribution in [2.75, 3.05) is 6.54 Å². The van der Waals surface area contributed by atoms with Crippen LogP contribution >= 0.6 is 22.9 Å². The average molecular weight is 270 g/mol. The Bertz CT molecular complexity index is 389. The molecule has 2 saturated carbocycles. The van der Waals surface area contributed by atoms with Gasteiger partial charge in [0.15, 0.2) is 0 Å². The summed E-state index contributed by atoms with van der Waals surface area (Å²) in [6.07, 6.45) is 5.95. The molecule has 1 nitrogen and oxygen atoms in total. The number of hydrogen-bond donors (Lipinski definition) is 1. The molecule has 1 aromatic rings. The van der Waals surface area contributed by atoms with Crippen molar-refractivity contribution in [2.45, 2.75) is 38.6 Å². The Balaban J connectivity index is 1.51. The molecule has 94 valence electrons. The molecule has 3 rings (SSSR count). The molecule has 17 heavy (non-hydrogen) atoms. The Morgan fingerprint density at radius 3 is 2.94 bits per heavy atom. The first kappa shape index (κ1) is 12.0. The van der Waals surface area contributed by atoms with Crippen molar-refractivity contribution in [3.8, 4) is 0 Å². The molecule has 2 bridgehead atoms. The highest BCUT2D eigenvalue weighted by Gasteiger charge is 2.39. The largest absolute Gasteiger partial charge is 0.310 e. The number of hydrogen-bond acceptors (Lipinski definition) is 2. The summed E-state index contributed by atoms with van der Waals surface area (Å²) in [5, 5.41) is 5.85. The van der Waals surface area contributed by atoms with Gasteiger partial charge in [0.1, 0.15) is 0 Å². The lowest BCUT2D eigenvalue weighted by atomic mass is 9.88. The Labute approximate surface area is 113 Å². The van der Waals surface area contributed by atoms with Gasteiger partial charge in [-0.2, -0.15) is 0 Å². The van der Waals surface area contributed by atoms with Crippen molar-refractivity contribution in [3.05, 3.63) is 21.3 Å². The van der Waals surface area contributed by atoms with Crippen LogP contribution in [0.3, 0.4) is 0 Å². The van der Waals surface area contributed by atoms with E-state index < -0.39 is 0 Å². The summed E-state index contributed by atoms with van der Waals surface area (Å²) in [7, 11) is 0. The molecule has 2 fully saturated rings. The monoisotopic (exact) mass is 269 g/mol. The van der Waals surface area contributed by atoms with Crippen molar-refractivity contribution < 1.29 is 0 Å². The number of nitrogens with one attached hydrogen (secondary N) is 1. The standard InChI is InChI=1S/C14H20ClNS/c1-9(13-6-14(15)17-8-13)16-7-12-5-10-2-3-11(12)4-10/h6,8-12,16H,2-5,7H2,1H3. The van der Waals surface area contributed by atoms with E-state index in [1.54, 1.807) is 11.3 Å². The number of thiophene rings is 1. The van der Waals surface area contributed by atoms with Gasteiger partial charge in [0.25, 0.3) is 0 Å². The van der Waals surface area contributed by atoms with Crippen LogP contribution in [0, 0.1) is 17.8 Å². The van der Waals surface area contributed by atoms with E-state index in [2.05, 4.69) is 23.7 Å². The molecule has 0 radical (unpaired) electrons. The summed E-state index contributed by atoms with van der Waals surface area (Å²) in [6, 6.07) is 2.53. The lowest BCUT2D eigenvalue weighted by Crippen LogP contribution is -2.28. The molecule has 4 unspecified atom stereocenters. The summed E-state index contributed by atoms with van der Waals surface area (Å²) in [5.41, 5.74) is 1.34. The van der Waals surface area contributed by atoms with E-state index in [0.29, 0.717) is 6.04 Å². The van der Waals surface area contributed by atoms with Crippen molar-refractivity contribution >= 4 is 22.9 Å². The predicted molar refractivity (Wildman–Crippen MR) is 74.7 cm³/mol. The Morgan fingerprint density at radius 2 is 2.35 bits per heavy atom. The summed E-state index contributed by atoms with van der Waals surface area (Å²) < 4.78 is 0.897. The third-order valence-electron chi connectivity index (χ3n) is 4.66. The molecule has 1 N–H and O–H groups in total. The molecule has 3 heteroatoms. The van der Waals surface area contributed by atoms with Crippen LogP contribution in [0.4, 0.5) is 0 Å². The van der Waals surface area contributed by atoms with Gasteiger partial charge in [-0.3, -0.25) is 0 Å². The van der Waals surface area contributed by atoms with E-state index in [1.165, 1.54) is 37.8 Å². The minimum Gasteiger partial charge on any atom is -0.310 e. The van der Waals surface area contributed by atoms with Crippen LogP contribution in [-0.2, 0) is 0 Å². The Hall–Kier alpha value is -0.0500. The van der Waals surface area contributed by atoms with E-state index in [9.17, 15) is 0 Å². The van der Waals surface area contributed by atoms with Gasteiger partial charge >= 0.3 is 0 Å². The maximum atomic E-state index is 5.97. The van der Waals surface area contributed by atoms with Crippen LogP contribution in [0.1, 0.15) is 44.2 Å². The lowest BCUT2D eigenvalue weighted by Gasteiger charge is -2.24. The second-order valence-corrected chi connectivity index (χ2v) is 7.29. The molecular formula is C14H20ClNS. The average Bonchev–Trinajstić information content (AvgIpc) is 3.01. The fraction of sp³-hybridized carbons (Fsp3) is 0.714. The predicted octanol–water partition coefficient (Wildman–Crippen LogP) is 4.49. The first-order valence-electron chi connectivity index (χ1n) is 6.69. The smallest absolute Gasteiger partial charge is 0.0931 e. The fourth-order valence-corrected chi connectivity index (χ4v) is 4.61. The van der Waals surface area contributed by atoms with Gasteiger partial charge < -0.3 is 5.32 Å². The normalized spacial score (nSPS) is 33.2. The zero-order valence-electron chi connectivity index (χ0n) is 10.3. The Kier molecular flexibility index (Phi) is 3.47. The molecule has 0 aromatic carbocycles. The second kappa shape index (κ2) is 4.91.